The van der Waals surface area contributed by atoms with Crippen LogP contribution in [0.25, 0.3) is 0 Å². The van der Waals surface area contributed by atoms with Gasteiger partial charge in [0.15, 0.2) is 6.29 Å². The highest BCUT2D eigenvalue weighted by Gasteiger charge is 2.44. The number of ether oxygens (including phenoxy) is 2. The molecule has 1 aliphatic rings. The minimum Gasteiger partial charge on any atom is -0.394 e. The first-order chi connectivity index (χ1) is 38.3. The summed E-state index contributed by atoms with van der Waals surface area (Å²) in [4.78, 5) is 13.1. The minimum atomic E-state index is -1.56. The molecule has 1 saturated heterocycles. The molecule has 1 rings (SSSR count). The molecule has 452 valence electrons. The lowest BCUT2D eigenvalue weighted by Crippen LogP contribution is -2.60. The van der Waals surface area contributed by atoms with Gasteiger partial charge in [-0.05, 0) is 70.6 Å². The quantitative estimate of drug-likeness (QED) is 0.0261. The molecule has 1 amide bonds. The van der Waals surface area contributed by atoms with E-state index < -0.39 is 49.5 Å². The lowest BCUT2D eigenvalue weighted by atomic mass is 9.99. The van der Waals surface area contributed by atoms with Crippen molar-refractivity contribution in [2.45, 2.75) is 333 Å². The van der Waals surface area contributed by atoms with Crippen molar-refractivity contribution in [1.82, 2.24) is 5.32 Å². The van der Waals surface area contributed by atoms with Gasteiger partial charge in [-0.25, -0.2) is 0 Å². The zero-order valence-electron chi connectivity index (χ0n) is 50.4. The van der Waals surface area contributed by atoms with Crippen LogP contribution in [0.15, 0.2) is 85.1 Å². The summed E-state index contributed by atoms with van der Waals surface area (Å²) in [5, 5.41) is 54.8. The normalized spacial score (nSPS) is 19.2. The van der Waals surface area contributed by atoms with Crippen LogP contribution in [0.2, 0.25) is 0 Å². The van der Waals surface area contributed by atoms with Gasteiger partial charge < -0.3 is 40.3 Å². The Balaban J connectivity index is 2.13. The average Bonchev–Trinajstić information content (AvgIpc) is 3.45. The van der Waals surface area contributed by atoms with Crippen molar-refractivity contribution in [1.29, 1.82) is 0 Å². The first-order valence-corrected chi connectivity index (χ1v) is 32.8. The van der Waals surface area contributed by atoms with E-state index in [2.05, 4.69) is 104 Å². The van der Waals surface area contributed by atoms with Crippen molar-refractivity contribution in [2.75, 3.05) is 13.2 Å². The molecule has 0 spiro atoms. The highest BCUT2D eigenvalue weighted by Crippen LogP contribution is 2.23. The number of hydrogen-bond donors (Lipinski definition) is 6. The topological polar surface area (TPSA) is 149 Å². The number of unbranched alkanes of at least 4 members (excludes halogenated alkanes) is 32. The Bertz CT molecular complexity index is 1500. The highest BCUT2D eigenvalue weighted by molar-refractivity contribution is 5.76. The van der Waals surface area contributed by atoms with E-state index in [9.17, 15) is 30.3 Å². The summed E-state index contributed by atoms with van der Waals surface area (Å²) in [7, 11) is 0. The number of carbonyl (C=O) groups is 1. The Morgan fingerprint density at radius 3 is 1.18 bits per heavy atom. The second-order valence-corrected chi connectivity index (χ2v) is 22.5. The largest absolute Gasteiger partial charge is 0.394 e. The van der Waals surface area contributed by atoms with E-state index in [1.54, 1.807) is 0 Å². The fourth-order valence-electron chi connectivity index (χ4n) is 10.1. The predicted molar refractivity (Wildman–Crippen MR) is 332 cm³/mol. The average molecular weight is 1090 g/mol. The van der Waals surface area contributed by atoms with E-state index >= 15 is 0 Å². The third-order valence-corrected chi connectivity index (χ3v) is 15.3. The van der Waals surface area contributed by atoms with E-state index in [0.29, 0.717) is 12.8 Å². The van der Waals surface area contributed by atoms with Crippen LogP contribution in [0, 0.1) is 0 Å². The molecule has 1 aliphatic heterocycles. The number of aliphatic hydroxyl groups excluding tert-OH is 5. The molecule has 0 bridgehead atoms. The number of hydrogen-bond acceptors (Lipinski definition) is 8. The van der Waals surface area contributed by atoms with Gasteiger partial charge in [-0.1, -0.05) is 298 Å². The van der Waals surface area contributed by atoms with Gasteiger partial charge in [0.2, 0.25) is 5.91 Å². The zero-order valence-corrected chi connectivity index (χ0v) is 50.4. The Labute approximate surface area is 480 Å². The van der Waals surface area contributed by atoms with E-state index in [-0.39, 0.29) is 12.5 Å². The summed E-state index contributed by atoms with van der Waals surface area (Å²) in [6.07, 6.45) is 74.8. The third-order valence-electron chi connectivity index (χ3n) is 15.3. The van der Waals surface area contributed by atoms with E-state index in [1.165, 1.54) is 180 Å². The molecular formula is C69H123NO8. The molecule has 9 heteroatoms. The summed E-state index contributed by atoms with van der Waals surface area (Å²) in [5.74, 6) is -0.145. The summed E-state index contributed by atoms with van der Waals surface area (Å²) in [6.45, 7) is 3.75. The van der Waals surface area contributed by atoms with Crippen LogP contribution in [0.3, 0.4) is 0 Å². The van der Waals surface area contributed by atoms with Gasteiger partial charge in [0.25, 0.3) is 0 Å². The molecule has 0 aliphatic carbocycles. The smallest absolute Gasteiger partial charge is 0.220 e. The minimum absolute atomic E-state index is 0.140. The Hall–Kier alpha value is -2.63. The van der Waals surface area contributed by atoms with Crippen molar-refractivity contribution in [2.24, 2.45) is 0 Å². The van der Waals surface area contributed by atoms with Crippen molar-refractivity contribution in [3.63, 3.8) is 0 Å². The summed E-state index contributed by atoms with van der Waals surface area (Å²) in [6, 6.07) is -0.725. The summed E-state index contributed by atoms with van der Waals surface area (Å²) in [5.41, 5.74) is 0. The Morgan fingerprint density at radius 1 is 0.449 bits per heavy atom. The van der Waals surface area contributed by atoms with Gasteiger partial charge >= 0.3 is 0 Å². The first-order valence-electron chi connectivity index (χ1n) is 32.8. The van der Waals surface area contributed by atoms with Crippen LogP contribution in [0.4, 0.5) is 0 Å². The van der Waals surface area contributed by atoms with Crippen molar-refractivity contribution in [3.05, 3.63) is 85.1 Å². The van der Waals surface area contributed by atoms with Gasteiger partial charge in [0, 0.05) is 6.42 Å². The number of nitrogens with one attached hydrogen (secondary N) is 1. The molecule has 1 heterocycles. The fourth-order valence-corrected chi connectivity index (χ4v) is 10.1. The Kier molecular flexibility index (Phi) is 54.2. The van der Waals surface area contributed by atoms with E-state index in [1.807, 2.05) is 0 Å². The number of rotatable bonds is 56. The van der Waals surface area contributed by atoms with Crippen LogP contribution in [0.1, 0.15) is 290 Å². The standard InChI is InChI=1S/C69H123NO8/c1-3-5-7-9-11-13-15-17-19-21-23-25-26-27-28-29-30-31-32-33-34-35-36-37-38-39-41-43-45-47-49-51-53-55-57-59-65(73)70-62(61-77-69-68(76)67(75)66(74)64(60-71)78-69)63(72)58-56-54-52-50-48-46-44-42-40-24-22-20-18-16-14-12-10-8-6-4-2/h5,7,11,13,17,19,23,25,27-28,30-31,33-34,62-64,66-69,71-72,74-76H,3-4,6,8-10,12,14-16,18,20-22,24,26,29,32,35-61H2,1-2H3,(H,70,73)/b7-5-,13-11-,19-17-,25-23-,28-27-,31-30-,34-33-. The molecule has 1 fully saturated rings. The highest BCUT2D eigenvalue weighted by atomic mass is 16.7. The molecular weight excluding hydrogens is 971 g/mol. The lowest BCUT2D eigenvalue weighted by Gasteiger charge is -2.40. The van der Waals surface area contributed by atoms with Crippen LogP contribution in [0.5, 0.6) is 0 Å². The van der Waals surface area contributed by atoms with Crippen LogP contribution >= 0.6 is 0 Å². The van der Waals surface area contributed by atoms with Gasteiger partial charge in [-0.15, -0.1) is 0 Å². The molecule has 7 unspecified atom stereocenters. The SMILES string of the molecule is CC/C=C\C/C=C\C/C=C\C/C=C\C/C=C\C/C=C\C/C=C\CCCCCCCCCCCCCCCC(=O)NC(COC1OC(CO)C(O)C(O)C1O)C(O)CCCCCCCCCCCCCCCCCCCCCC. The van der Waals surface area contributed by atoms with E-state index in [4.69, 9.17) is 9.47 Å². The van der Waals surface area contributed by atoms with E-state index in [0.717, 1.165) is 83.5 Å². The van der Waals surface area contributed by atoms with Crippen molar-refractivity contribution < 1.29 is 39.8 Å². The first kappa shape index (κ1) is 73.4. The molecule has 0 saturated carbocycles. The third kappa shape index (κ3) is 46.0. The van der Waals surface area contributed by atoms with Gasteiger partial charge in [-0.2, -0.15) is 0 Å². The van der Waals surface area contributed by atoms with Gasteiger partial charge in [-0.3, -0.25) is 4.79 Å². The summed E-state index contributed by atoms with van der Waals surface area (Å²) < 4.78 is 11.3. The molecule has 6 N–H and O–H groups in total. The van der Waals surface area contributed by atoms with Crippen LogP contribution < -0.4 is 5.32 Å². The molecule has 0 aromatic heterocycles. The lowest BCUT2D eigenvalue weighted by molar-refractivity contribution is -0.302. The fraction of sp³-hybridized carbons (Fsp3) is 0.783. The molecule has 78 heavy (non-hydrogen) atoms. The number of carbonyl (C=O) groups excluding carboxylic acids is 1. The Morgan fingerprint density at radius 2 is 0.795 bits per heavy atom. The second-order valence-electron chi connectivity index (χ2n) is 22.5. The maximum atomic E-state index is 13.1. The molecule has 0 aromatic rings. The summed E-state index contributed by atoms with van der Waals surface area (Å²) >= 11 is 0. The monoisotopic (exact) mass is 1090 g/mol. The molecule has 0 aromatic carbocycles. The number of amides is 1. The number of allylic oxidation sites excluding steroid dienone is 14. The second kappa shape index (κ2) is 57.6. The van der Waals surface area contributed by atoms with Crippen LogP contribution in [-0.4, -0.2) is 87.5 Å². The number of aliphatic hydroxyl groups is 5. The predicted octanol–water partition coefficient (Wildman–Crippen LogP) is 17.4. The van der Waals surface area contributed by atoms with Crippen LogP contribution in [-0.2, 0) is 14.3 Å². The van der Waals surface area contributed by atoms with Gasteiger partial charge in [0.1, 0.15) is 24.4 Å². The molecule has 9 nitrogen and oxygen atoms in total. The molecule has 0 radical (unpaired) electrons. The van der Waals surface area contributed by atoms with Gasteiger partial charge in [0.05, 0.1) is 25.4 Å². The maximum Gasteiger partial charge on any atom is 0.220 e. The molecule has 7 atom stereocenters. The maximum absolute atomic E-state index is 13.1. The zero-order chi connectivity index (χ0) is 56.5. The van der Waals surface area contributed by atoms with Crippen molar-refractivity contribution >= 4 is 5.91 Å². The van der Waals surface area contributed by atoms with Crippen molar-refractivity contribution in [3.8, 4) is 0 Å².